The third-order valence-corrected chi connectivity index (χ3v) is 9.27. The Balaban J connectivity index is 1.51. The fourth-order valence-corrected chi connectivity index (χ4v) is 6.76. The van der Waals surface area contributed by atoms with Gasteiger partial charge in [-0.3, -0.25) is 4.79 Å². The van der Waals surface area contributed by atoms with E-state index in [9.17, 15) is 18.0 Å². The number of halogens is 3. The maximum atomic E-state index is 13.3. The average Bonchev–Trinajstić information content (AvgIpc) is 3.72. The molecule has 1 N–H and O–H groups in total. The molecule has 1 heterocycles. The summed E-state index contributed by atoms with van der Waals surface area (Å²) in [7, 11) is 1.23. The summed E-state index contributed by atoms with van der Waals surface area (Å²) in [6.45, 7) is 5.52. The van der Waals surface area contributed by atoms with Gasteiger partial charge < -0.3 is 10.1 Å². The highest BCUT2D eigenvalue weighted by Crippen LogP contribution is 2.52. The van der Waals surface area contributed by atoms with Gasteiger partial charge in [0.2, 0.25) is 5.88 Å². The van der Waals surface area contributed by atoms with Gasteiger partial charge in [0.15, 0.2) is 0 Å². The second kappa shape index (κ2) is 10.1. The van der Waals surface area contributed by atoms with Crippen LogP contribution in [0.3, 0.4) is 0 Å². The molecule has 3 aliphatic rings. The molecule has 0 aromatic carbocycles. The number of nitrogens with one attached hydrogen (secondary N) is 1. The van der Waals surface area contributed by atoms with E-state index in [1.165, 1.54) is 45.5 Å². The Morgan fingerprint density at radius 2 is 1.91 bits per heavy atom. The smallest absolute Gasteiger partial charge is 0.433 e. The molecule has 4 nitrogen and oxygen atoms in total. The van der Waals surface area contributed by atoms with Gasteiger partial charge >= 0.3 is 6.18 Å². The molecular weight excluding hydrogens is 461 g/mol. The highest BCUT2D eigenvalue weighted by Gasteiger charge is 2.45. The summed E-state index contributed by atoms with van der Waals surface area (Å²) in [6, 6.07) is 0.657. The van der Waals surface area contributed by atoms with Crippen LogP contribution in [0, 0.1) is 24.2 Å². The minimum Gasteiger partial charge on any atom is -0.480 e. The van der Waals surface area contributed by atoms with E-state index in [-0.39, 0.29) is 28.5 Å². The summed E-state index contributed by atoms with van der Waals surface area (Å²) in [5.41, 5.74) is -0.880. The van der Waals surface area contributed by atoms with Crippen molar-refractivity contribution in [3.63, 3.8) is 0 Å². The number of alkyl halides is 3. The molecule has 8 heteroatoms. The molecule has 1 aromatic rings. The summed E-state index contributed by atoms with van der Waals surface area (Å²) < 4.78 is 44.7. The fourth-order valence-electron chi connectivity index (χ4n) is 5.32. The van der Waals surface area contributed by atoms with Crippen molar-refractivity contribution < 1.29 is 22.7 Å². The van der Waals surface area contributed by atoms with Gasteiger partial charge in [-0.25, -0.2) is 4.98 Å². The number of hydrogen-bond donors (Lipinski definition) is 1. The van der Waals surface area contributed by atoms with Gasteiger partial charge in [0.25, 0.3) is 5.91 Å². The lowest BCUT2D eigenvalue weighted by Crippen LogP contribution is -2.49. The van der Waals surface area contributed by atoms with Crippen LogP contribution in [0.1, 0.15) is 79.4 Å². The Labute approximate surface area is 204 Å². The van der Waals surface area contributed by atoms with E-state index in [1.54, 1.807) is 0 Å². The van der Waals surface area contributed by atoms with Crippen LogP contribution in [0.2, 0.25) is 0 Å². The van der Waals surface area contributed by atoms with Crippen molar-refractivity contribution in [3.8, 4) is 5.88 Å². The van der Waals surface area contributed by atoms with Gasteiger partial charge in [-0.15, -0.1) is 6.58 Å². The zero-order valence-corrected chi connectivity index (χ0v) is 20.9. The number of carbonyl (C=O) groups excluding carboxylic acids is 1. The molecule has 0 saturated heterocycles. The molecule has 0 aliphatic heterocycles. The fraction of sp³-hybridized carbons (Fsp3) is 0.692. The highest BCUT2D eigenvalue weighted by atomic mass is 32.2. The van der Waals surface area contributed by atoms with Crippen LogP contribution in [0.5, 0.6) is 5.88 Å². The minimum absolute atomic E-state index is 0.0533. The lowest BCUT2D eigenvalue weighted by atomic mass is 9.65. The monoisotopic (exact) mass is 496 g/mol. The van der Waals surface area contributed by atoms with Crippen LogP contribution >= 0.6 is 11.8 Å². The first kappa shape index (κ1) is 25.4. The van der Waals surface area contributed by atoms with Crippen molar-refractivity contribution in [2.45, 2.75) is 82.2 Å². The van der Waals surface area contributed by atoms with Gasteiger partial charge in [-0.2, -0.15) is 24.9 Å². The van der Waals surface area contributed by atoms with Crippen molar-refractivity contribution in [2.24, 2.45) is 17.3 Å². The Hall–Kier alpha value is -1.70. The highest BCUT2D eigenvalue weighted by molar-refractivity contribution is 7.99. The summed E-state index contributed by atoms with van der Waals surface area (Å²) in [4.78, 5) is 16.9. The van der Waals surface area contributed by atoms with Crippen molar-refractivity contribution in [1.82, 2.24) is 10.3 Å². The second-order valence-corrected chi connectivity index (χ2v) is 11.7. The van der Waals surface area contributed by atoms with Crippen LogP contribution in [-0.2, 0) is 6.18 Å². The van der Waals surface area contributed by atoms with E-state index in [0.29, 0.717) is 11.2 Å². The standard InChI is InChI=1S/C26H35F3N2O2S/c1-4-20(30-23(32)22-16(2)13-21(26(27,28)29)31-24(22)33-3)25(14-17-5-6-17)11-9-19(10-12-25)34-15-18-7-8-18/h4,13,17-20H,1,5-12,14-15H2,2-3H3,(H,30,32). The van der Waals surface area contributed by atoms with Crippen LogP contribution < -0.4 is 10.1 Å². The Morgan fingerprint density at radius 1 is 1.26 bits per heavy atom. The van der Waals surface area contributed by atoms with Crippen molar-refractivity contribution in [3.05, 3.63) is 35.5 Å². The van der Waals surface area contributed by atoms with E-state index < -0.39 is 17.8 Å². The topological polar surface area (TPSA) is 51.2 Å². The molecule has 3 fully saturated rings. The Kier molecular flexibility index (Phi) is 7.56. The van der Waals surface area contributed by atoms with Crippen molar-refractivity contribution in [1.29, 1.82) is 0 Å². The average molecular weight is 497 g/mol. The summed E-state index contributed by atoms with van der Waals surface area (Å²) in [5, 5.41) is 3.79. The van der Waals surface area contributed by atoms with Crippen LogP contribution in [0.15, 0.2) is 18.7 Å². The molecule has 4 rings (SSSR count). The number of aryl methyl sites for hydroxylation is 1. The number of nitrogens with zero attached hydrogens (tertiary/aromatic N) is 1. The van der Waals surface area contributed by atoms with Gasteiger partial charge in [0, 0.05) is 5.25 Å². The third-order valence-electron chi connectivity index (χ3n) is 7.66. The summed E-state index contributed by atoms with van der Waals surface area (Å²) in [6.07, 6.45) is 7.81. The quantitative estimate of drug-likeness (QED) is 0.372. The molecule has 1 atom stereocenters. The number of aromatic nitrogens is 1. The van der Waals surface area contributed by atoms with E-state index in [1.807, 2.05) is 6.08 Å². The van der Waals surface area contributed by atoms with Gasteiger partial charge in [0.05, 0.1) is 13.2 Å². The molecule has 1 unspecified atom stereocenters. The predicted octanol–water partition coefficient (Wildman–Crippen LogP) is 6.57. The Bertz CT molecular complexity index is 904. The molecular formula is C26H35F3N2O2S. The Morgan fingerprint density at radius 3 is 2.44 bits per heavy atom. The molecule has 0 radical (unpaired) electrons. The maximum Gasteiger partial charge on any atom is 0.433 e. The van der Waals surface area contributed by atoms with Crippen LogP contribution in [0.25, 0.3) is 0 Å². The van der Waals surface area contributed by atoms with E-state index in [2.05, 4.69) is 28.6 Å². The number of ether oxygens (including phenoxy) is 1. The number of rotatable bonds is 10. The molecule has 3 aliphatic carbocycles. The predicted molar refractivity (Wildman–Crippen MR) is 129 cm³/mol. The molecule has 0 spiro atoms. The van der Waals surface area contributed by atoms with Gasteiger partial charge in [-0.1, -0.05) is 18.9 Å². The first-order valence-corrected chi connectivity index (χ1v) is 13.4. The zero-order valence-electron chi connectivity index (χ0n) is 20.0. The first-order chi connectivity index (χ1) is 16.1. The largest absolute Gasteiger partial charge is 0.480 e. The summed E-state index contributed by atoms with van der Waals surface area (Å²) in [5.74, 6) is 2.12. The number of thioether (sulfide) groups is 1. The number of methoxy groups -OCH3 is 1. The number of carbonyl (C=O) groups is 1. The first-order valence-electron chi connectivity index (χ1n) is 12.3. The number of pyridine rings is 1. The summed E-state index contributed by atoms with van der Waals surface area (Å²) >= 11 is 2.11. The van der Waals surface area contributed by atoms with Crippen molar-refractivity contribution in [2.75, 3.05) is 12.9 Å². The van der Waals surface area contributed by atoms with Crippen molar-refractivity contribution >= 4 is 17.7 Å². The van der Waals surface area contributed by atoms with E-state index in [4.69, 9.17) is 4.74 Å². The zero-order chi connectivity index (χ0) is 24.5. The second-order valence-electron chi connectivity index (χ2n) is 10.4. The lowest BCUT2D eigenvalue weighted by molar-refractivity contribution is -0.141. The normalized spacial score (nSPS) is 26.1. The molecule has 0 bridgehead atoms. The number of amides is 1. The number of hydrogen-bond acceptors (Lipinski definition) is 4. The van der Waals surface area contributed by atoms with E-state index >= 15 is 0 Å². The lowest BCUT2D eigenvalue weighted by Gasteiger charge is -2.45. The van der Waals surface area contributed by atoms with Crippen LogP contribution in [0.4, 0.5) is 13.2 Å². The van der Waals surface area contributed by atoms with Crippen LogP contribution in [-0.4, -0.2) is 35.0 Å². The van der Waals surface area contributed by atoms with Gasteiger partial charge in [0.1, 0.15) is 11.3 Å². The van der Waals surface area contributed by atoms with Gasteiger partial charge in [-0.05, 0) is 86.5 Å². The molecule has 188 valence electrons. The molecule has 34 heavy (non-hydrogen) atoms. The van der Waals surface area contributed by atoms with E-state index in [0.717, 1.165) is 44.1 Å². The molecule has 1 aromatic heterocycles. The molecule has 3 saturated carbocycles. The maximum absolute atomic E-state index is 13.3. The molecule has 1 amide bonds. The minimum atomic E-state index is -4.61. The third kappa shape index (κ3) is 5.92. The SMILES string of the molecule is C=CC(NC(=O)c1c(C)cc(C(F)(F)F)nc1OC)C1(CC2CC2)CCC(SCC2CC2)CC1.